The first-order valence-electron chi connectivity index (χ1n) is 7.94. The molecule has 2 heterocycles. The third-order valence-corrected chi connectivity index (χ3v) is 4.99. The van der Waals surface area contributed by atoms with Crippen molar-refractivity contribution in [3.63, 3.8) is 0 Å². The average Bonchev–Trinajstić information content (AvgIpc) is 3.09. The number of hydrogen-bond acceptors (Lipinski definition) is 4. The molecule has 0 bridgehead atoms. The Bertz CT molecular complexity index is 635. The Kier molecular flexibility index (Phi) is 3.57. The van der Waals surface area contributed by atoms with Crippen LogP contribution in [-0.4, -0.2) is 49.9 Å². The number of aliphatic carboxylic acids is 1. The monoisotopic (exact) mass is 321 g/mol. The molecule has 1 saturated carbocycles. The number of nitrogens with one attached hydrogen (secondary N) is 1. The van der Waals surface area contributed by atoms with Gasteiger partial charge in [0.2, 0.25) is 5.95 Å². The predicted octanol–water partition coefficient (Wildman–Crippen LogP) is 1.75. The summed E-state index contributed by atoms with van der Waals surface area (Å²) in [6.07, 6.45) is 3.84. The van der Waals surface area contributed by atoms with E-state index in [1.807, 2.05) is 20.8 Å². The van der Waals surface area contributed by atoms with Gasteiger partial charge in [0.15, 0.2) is 0 Å². The number of carbonyl (C=O) groups excluding carboxylic acids is 1. The van der Waals surface area contributed by atoms with Crippen LogP contribution in [0.3, 0.4) is 0 Å². The van der Waals surface area contributed by atoms with Crippen molar-refractivity contribution in [1.82, 2.24) is 19.7 Å². The first-order valence-corrected chi connectivity index (χ1v) is 7.94. The lowest BCUT2D eigenvalue weighted by atomic mass is 9.81. The van der Waals surface area contributed by atoms with Crippen LogP contribution in [0.1, 0.15) is 40.0 Å². The molecule has 0 aromatic carbocycles. The van der Waals surface area contributed by atoms with E-state index in [1.165, 1.54) is 6.33 Å². The molecule has 8 heteroatoms. The molecule has 0 unspecified atom stereocenters. The number of carboxylic acids is 1. The molecule has 126 valence electrons. The Labute approximate surface area is 134 Å². The first kappa shape index (κ1) is 15.8. The maximum absolute atomic E-state index is 12.5. The van der Waals surface area contributed by atoms with Crippen molar-refractivity contribution in [2.45, 2.75) is 45.6 Å². The topological polar surface area (TPSA) is 100 Å². The van der Waals surface area contributed by atoms with Crippen LogP contribution in [0.25, 0.3) is 0 Å². The number of amides is 2. The zero-order valence-corrected chi connectivity index (χ0v) is 13.7. The largest absolute Gasteiger partial charge is 0.481 e. The van der Waals surface area contributed by atoms with E-state index >= 15 is 0 Å². The van der Waals surface area contributed by atoms with E-state index < -0.39 is 11.4 Å². The van der Waals surface area contributed by atoms with E-state index in [1.54, 1.807) is 9.58 Å². The summed E-state index contributed by atoms with van der Waals surface area (Å²) in [5.74, 6) is -0.358. The highest BCUT2D eigenvalue weighted by atomic mass is 16.4. The Hall–Kier alpha value is -2.12. The summed E-state index contributed by atoms with van der Waals surface area (Å²) in [7, 11) is 0. The van der Waals surface area contributed by atoms with Gasteiger partial charge in [0, 0.05) is 13.1 Å². The summed E-state index contributed by atoms with van der Waals surface area (Å²) in [5.41, 5.74) is -1.07. The predicted molar refractivity (Wildman–Crippen MR) is 83.0 cm³/mol. The van der Waals surface area contributed by atoms with Gasteiger partial charge in [-0.25, -0.2) is 9.48 Å². The fourth-order valence-electron chi connectivity index (χ4n) is 3.79. The number of anilines is 1. The van der Waals surface area contributed by atoms with Crippen molar-refractivity contribution >= 4 is 17.9 Å². The van der Waals surface area contributed by atoms with E-state index in [9.17, 15) is 14.7 Å². The van der Waals surface area contributed by atoms with Gasteiger partial charge in [-0.3, -0.25) is 10.1 Å². The number of likely N-dealkylation sites (tertiary alicyclic amines) is 1. The minimum atomic E-state index is -0.784. The van der Waals surface area contributed by atoms with Crippen LogP contribution >= 0.6 is 0 Å². The standard InChI is InChI=1S/C15H23N5O3/c1-14(2,3)20-12(16-9-17-20)18-13(23)19-7-10-5-4-6-15(10,8-19)11(21)22/h9-10H,4-8H2,1-3H3,(H,21,22)(H,16,17,18,23)/t10-,15+/m0/s1. The molecule has 2 amide bonds. The van der Waals surface area contributed by atoms with Gasteiger partial charge in [-0.1, -0.05) is 6.42 Å². The van der Waals surface area contributed by atoms with Gasteiger partial charge in [0.05, 0.1) is 11.0 Å². The molecule has 1 aromatic heterocycles. The third-order valence-electron chi connectivity index (χ3n) is 4.99. The van der Waals surface area contributed by atoms with Gasteiger partial charge in [0.25, 0.3) is 0 Å². The third kappa shape index (κ3) is 2.55. The molecular weight excluding hydrogens is 298 g/mol. The maximum Gasteiger partial charge on any atom is 0.324 e. The molecule has 0 spiro atoms. The average molecular weight is 321 g/mol. The minimum Gasteiger partial charge on any atom is -0.481 e. The van der Waals surface area contributed by atoms with Crippen molar-refractivity contribution in [1.29, 1.82) is 0 Å². The fourth-order valence-corrected chi connectivity index (χ4v) is 3.79. The Morgan fingerprint density at radius 3 is 2.78 bits per heavy atom. The zero-order chi connectivity index (χ0) is 16.8. The molecule has 1 saturated heterocycles. The maximum atomic E-state index is 12.5. The number of urea groups is 1. The fraction of sp³-hybridized carbons (Fsp3) is 0.733. The molecule has 1 aromatic rings. The summed E-state index contributed by atoms with van der Waals surface area (Å²) in [4.78, 5) is 29.9. The second-order valence-corrected chi connectivity index (χ2v) is 7.53. The van der Waals surface area contributed by atoms with Crippen LogP contribution in [-0.2, 0) is 10.3 Å². The van der Waals surface area contributed by atoms with Gasteiger partial charge in [-0.05, 0) is 39.5 Å². The molecule has 1 aliphatic carbocycles. The lowest BCUT2D eigenvalue weighted by Crippen LogP contribution is -2.39. The van der Waals surface area contributed by atoms with Gasteiger partial charge < -0.3 is 10.0 Å². The van der Waals surface area contributed by atoms with E-state index in [0.29, 0.717) is 18.9 Å². The highest BCUT2D eigenvalue weighted by Gasteiger charge is 2.55. The van der Waals surface area contributed by atoms with E-state index in [2.05, 4.69) is 15.4 Å². The second-order valence-electron chi connectivity index (χ2n) is 7.53. The molecule has 2 fully saturated rings. The number of carbonyl (C=O) groups is 2. The van der Waals surface area contributed by atoms with Crippen molar-refractivity contribution in [3.05, 3.63) is 6.33 Å². The Morgan fingerprint density at radius 1 is 1.43 bits per heavy atom. The van der Waals surface area contributed by atoms with Crippen molar-refractivity contribution in [2.75, 3.05) is 18.4 Å². The number of rotatable bonds is 2. The molecule has 8 nitrogen and oxygen atoms in total. The van der Waals surface area contributed by atoms with Crippen LogP contribution in [0.5, 0.6) is 0 Å². The SMILES string of the molecule is CC(C)(C)n1ncnc1NC(=O)N1C[C@@H]2CCC[C@@]2(C(=O)O)C1. The van der Waals surface area contributed by atoms with Gasteiger partial charge in [-0.2, -0.15) is 10.1 Å². The molecule has 2 aliphatic rings. The summed E-state index contributed by atoms with van der Waals surface area (Å²) in [6, 6.07) is -0.307. The molecule has 2 atom stereocenters. The molecule has 2 N–H and O–H groups in total. The molecular formula is C15H23N5O3. The summed E-state index contributed by atoms with van der Waals surface area (Å²) < 4.78 is 1.65. The number of aromatic nitrogens is 3. The van der Waals surface area contributed by atoms with E-state index in [0.717, 1.165) is 12.8 Å². The Balaban J connectivity index is 1.74. The van der Waals surface area contributed by atoms with Crippen molar-refractivity contribution < 1.29 is 14.7 Å². The quantitative estimate of drug-likeness (QED) is 0.864. The highest BCUT2D eigenvalue weighted by Crippen LogP contribution is 2.48. The summed E-state index contributed by atoms with van der Waals surface area (Å²) in [6.45, 7) is 6.66. The Morgan fingerprint density at radius 2 is 2.17 bits per heavy atom. The number of hydrogen-bond donors (Lipinski definition) is 2. The van der Waals surface area contributed by atoms with Gasteiger partial charge in [0.1, 0.15) is 6.33 Å². The molecule has 3 rings (SSSR count). The number of carboxylic acid groups (broad SMARTS) is 1. The number of nitrogens with zero attached hydrogens (tertiary/aromatic N) is 4. The van der Waals surface area contributed by atoms with Crippen molar-refractivity contribution in [3.8, 4) is 0 Å². The summed E-state index contributed by atoms with van der Waals surface area (Å²) >= 11 is 0. The zero-order valence-electron chi connectivity index (χ0n) is 13.7. The number of fused-ring (bicyclic) bond motifs is 1. The van der Waals surface area contributed by atoms with Crippen molar-refractivity contribution in [2.24, 2.45) is 11.3 Å². The van der Waals surface area contributed by atoms with Gasteiger partial charge in [-0.15, -0.1) is 0 Å². The lowest BCUT2D eigenvalue weighted by molar-refractivity contribution is -0.149. The molecule has 1 aliphatic heterocycles. The minimum absolute atomic E-state index is 0.0474. The van der Waals surface area contributed by atoms with Crippen LogP contribution in [0.4, 0.5) is 10.7 Å². The van der Waals surface area contributed by atoms with Crippen LogP contribution in [0, 0.1) is 11.3 Å². The summed E-state index contributed by atoms with van der Waals surface area (Å²) in [5, 5.41) is 16.5. The van der Waals surface area contributed by atoms with Crippen LogP contribution < -0.4 is 5.32 Å². The van der Waals surface area contributed by atoms with E-state index in [-0.39, 0.29) is 24.0 Å². The first-order chi connectivity index (χ1) is 10.7. The molecule has 0 radical (unpaired) electrons. The molecule has 23 heavy (non-hydrogen) atoms. The normalized spacial score (nSPS) is 27.1. The highest BCUT2D eigenvalue weighted by molar-refractivity contribution is 5.89. The van der Waals surface area contributed by atoms with E-state index in [4.69, 9.17) is 0 Å². The lowest BCUT2D eigenvalue weighted by Gasteiger charge is -2.24. The smallest absolute Gasteiger partial charge is 0.324 e. The van der Waals surface area contributed by atoms with Crippen LogP contribution in [0.2, 0.25) is 0 Å². The van der Waals surface area contributed by atoms with Crippen LogP contribution in [0.15, 0.2) is 6.33 Å². The van der Waals surface area contributed by atoms with Gasteiger partial charge >= 0.3 is 12.0 Å². The second kappa shape index (κ2) is 5.21.